The largest absolute Gasteiger partial charge is 0.478 e. The van der Waals surface area contributed by atoms with Crippen LogP contribution in [-0.4, -0.2) is 44.4 Å². The Labute approximate surface area is 218 Å². The molecule has 1 saturated carbocycles. The Kier molecular flexibility index (Phi) is 6.56. The minimum Gasteiger partial charge on any atom is -0.478 e. The van der Waals surface area contributed by atoms with Gasteiger partial charge in [0, 0.05) is 50.4 Å². The fourth-order valence-electron chi connectivity index (χ4n) is 5.80. The van der Waals surface area contributed by atoms with E-state index in [1.54, 1.807) is 17.9 Å². The van der Waals surface area contributed by atoms with Crippen molar-refractivity contribution >= 4 is 5.97 Å². The van der Waals surface area contributed by atoms with Gasteiger partial charge < -0.3 is 15.8 Å². The van der Waals surface area contributed by atoms with E-state index in [4.69, 9.17) is 11.6 Å². The zero-order valence-electron chi connectivity index (χ0n) is 21.8. The van der Waals surface area contributed by atoms with E-state index in [1.165, 1.54) is 27.9 Å². The maximum atomic E-state index is 12.0. The molecule has 194 valence electrons. The summed E-state index contributed by atoms with van der Waals surface area (Å²) < 4.78 is 1.78. The van der Waals surface area contributed by atoms with Crippen LogP contribution in [0, 0.1) is 11.3 Å². The maximum Gasteiger partial charge on any atom is 0.339 e. The highest BCUT2D eigenvalue weighted by Crippen LogP contribution is 2.51. The summed E-state index contributed by atoms with van der Waals surface area (Å²) in [6, 6.07) is 17.0. The number of carboxylic acids is 1. The summed E-state index contributed by atoms with van der Waals surface area (Å²) in [7, 11) is 1.71. The first-order chi connectivity index (χ1) is 17.6. The number of allylic oxidation sites excluding steroid dienone is 1. The van der Waals surface area contributed by atoms with E-state index in [0.717, 1.165) is 38.2 Å². The average Bonchev–Trinajstić information content (AvgIpc) is 3.51. The summed E-state index contributed by atoms with van der Waals surface area (Å²) >= 11 is 0. The van der Waals surface area contributed by atoms with E-state index in [9.17, 15) is 9.90 Å². The van der Waals surface area contributed by atoms with Crippen LogP contribution in [0.1, 0.15) is 58.9 Å². The van der Waals surface area contributed by atoms with Gasteiger partial charge in [-0.25, -0.2) is 15.3 Å². The van der Waals surface area contributed by atoms with Crippen molar-refractivity contribution in [3.05, 3.63) is 94.6 Å². The maximum absolute atomic E-state index is 12.0. The molecule has 2 aliphatic rings. The van der Waals surface area contributed by atoms with Crippen molar-refractivity contribution in [2.45, 2.75) is 45.7 Å². The van der Waals surface area contributed by atoms with E-state index in [-0.39, 0.29) is 22.8 Å². The number of rotatable bonds is 7. The highest BCUT2D eigenvalue weighted by Gasteiger charge is 2.45. The van der Waals surface area contributed by atoms with E-state index < -0.39 is 5.97 Å². The van der Waals surface area contributed by atoms with Crippen LogP contribution in [0.15, 0.2) is 66.6 Å². The van der Waals surface area contributed by atoms with E-state index >= 15 is 0 Å². The van der Waals surface area contributed by atoms with Crippen LogP contribution in [-0.2, 0) is 19.5 Å². The normalized spacial score (nSPS) is 21.2. The highest BCUT2D eigenvalue weighted by atomic mass is 16.4. The van der Waals surface area contributed by atoms with Gasteiger partial charge in [0.1, 0.15) is 5.56 Å². The number of aromatic nitrogens is 2. The van der Waals surface area contributed by atoms with Crippen LogP contribution in [0.5, 0.6) is 0 Å². The van der Waals surface area contributed by atoms with Crippen molar-refractivity contribution in [1.29, 1.82) is 0 Å². The lowest BCUT2D eigenvalue weighted by molar-refractivity contribution is 0.0695. The molecule has 8 nitrogen and oxygen atoms in total. The van der Waals surface area contributed by atoms with Crippen molar-refractivity contribution in [1.82, 2.24) is 19.7 Å². The van der Waals surface area contributed by atoms with Gasteiger partial charge in [-0.1, -0.05) is 50.2 Å². The van der Waals surface area contributed by atoms with Gasteiger partial charge in [0.25, 0.3) is 0 Å². The number of carbonyl (C=O) groups is 1. The Hall–Kier alpha value is -3.62. The average molecular weight is 501 g/mol. The molecule has 2 atom stereocenters. The van der Waals surface area contributed by atoms with Gasteiger partial charge in [-0.15, -0.1) is 0 Å². The summed E-state index contributed by atoms with van der Waals surface area (Å²) in [5.41, 5.74) is 12.8. The molecular weight excluding hydrogens is 464 g/mol. The molecule has 0 bridgehead atoms. The van der Waals surface area contributed by atoms with Crippen LogP contribution in [0.4, 0.5) is 0 Å². The number of benzene rings is 2. The van der Waals surface area contributed by atoms with Gasteiger partial charge in [0.05, 0.1) is 17.6 Å². The number of nitrogens with zero attached hydrogens (tertiary/aromatic N) is 4. The number of hydrazine groups is 1. The zero-order valence-corrected chi connectivity index (χ0v) is 21.8. The van der Waals surface area contributed by atoms with Crippen molar-refractivity contribution in [3.63, 3.8) is 0 Å². The number of carboxylic acid groups (broad SMARTS) is 1. The van der Waals surface area contributed by atoms with Crippen LogP contribution < -0.4 is 11.6 Å². The lowest BCUT2D eigenvalue weighted by Crippen LogP contribution is -2.32. The Morgan fingerprint density at radius 2 is 1.97 bits per heavy atom. The predicted octanol–water partition coefficient (Wildman–Crippen LogP) is 3.86. The minimum atomic E-state index is -0.980. The monoisotopic (exact) mass is 500 g/mol. The second kappa shape index (κ2) is 9.68. The van der Waals surface area contributed by atoms with Gasteiger partial charge in [-0.3, -0.25) is 4.90 Å². The molecule has 1 aromatic heterocycles. The van der Waals surface area contributed by atoms with E-state index in [0.29, 0.717) is 11.4 Å². The Balaban J connectivity index is 1.43. The quantitative estimate of drug-likeness (QED) is 0.333. The van der Waals surface area contributed by atoms with Crippen molar-refractivity contribution in [2.75, 3.05) is 13.6 Å². The Morgan fingerprint density at radius 3 is 2.70 bits per heavy atom. The van der Waals surface area contributed by atoms with Gasteiger partial charge in [0.15, 0.2) is 0 Å². The van der Waals surface area contributed by atoms with E-state index in [2.05, 4.69) is 60.2 Å². The molecule has 2 heterocycles. The molecule has 1 fully saturated rings. The molecule has 37 heavy (non-hydrogen) atoms. The molecule has 5 N–H and O–H groups in total. The molecule has 0 spiro atoms. The fourth-order valence-corrected chi connectivity index (χ4v) is 5.80. The van der Waals surface area contributed by atoms with E-state index in [1.807, 2.05) is 12.1 Å². The number of nitrogens with two attached hydrogens (primary N) is 2. The molecule has 0 radical (unpaired) electrons. The third-order valence-corrected chi connectivity index (χ3v) is 7.35. The molecule has 1 aliphatic carbocycles. The number of fused-ring (bicyclic) bond motifs is 1. The summed E-state index contributed by atoms with van der Waals surface area (Å²) in [5, 5.41) is 15.8. The summed E-state index contributed by atoms with van der Waals surface area (Å²) in [5.74, 6) is 4.78. The van der Waals surface area contributed by atoms with Crippen LogP contribution in [0.3, 0.4) is 0 Å². The van der Waals surface area contributed by atoms with Crippen LogP contribution in [0.25, 0.3) is 5.69 Å². The molecule has 2 aromatic carbocycles. The third-order valence-electron chi connectivity index (χ3n) is 7.35. The SMILES string of the molecule is CN(N)/C=C(\N)C1C[C@H]1c1c(C(=O)O)cnn1-c1cccc(CN2Cc3ccccc3CC(C)(C)C2)c1. The number of hydrogen-bond donors (Lipinski definition) is 3. The smallest absolute Gasteiger partial charge is 0.339 e. The zero-order chi connectivity index (χ0) is 26.3. The van der Waals surface area contributed by atoms with Gasteiger partial charge in [-0.05, 0) is 47.1 Å². The Bertz CT molecular complexity index is 1340. The molecule has 0 saturated heterocycles. The number of aromatic carboxylic acids is 1. The van der Waals surface area contributed by atoms with Crippen LogP contribution in [0.2, 0.25) is 0 Å². The molecule has 5 rings (SSSR count). The van der Waals surface area contributed by atoms with Gasteiger partial charge in [-0.2, -0.15) is 5.10 Å². The second-order valence-corrected chi connectivity index (χ2v) is 11.3. The summed E-state index contributed by atoms with van der Waals surface area (Å²) in [4.78, 5) is 14.5. The molecule has 1 aliphatic heterocycles. The molecule has 0 amide bonds. The van der Waals surface area contributed by atoms with Crippen molar-refractivity contribution in [2.24, 2.45) is 22.9 Å². The highest BCUT2D eigenvalue weighted by molar-refractivity contribution is 5.89. The number of hydrogen-bond acceptors (Lipinski definition) is 6. The first-order valence-corrected chi connectivity index (χ1v) is 12.8. The van der Waals surface area contributed by atoms with Crippen LogP contribution >= 0.6 is 0 Å². The molecule has 3 aromatic rings. The van der Waals surface area contributed by atoms with Gasteiger partial charge >= 0.3 is 5.97 Å². The molecule has 1 unspecified atom stereocenters. The Morgan fingerprint density at radius 1 is 1.22 bits per heavy atom. The standard InChI is InChI=1S/C29H36N6O2/c1-29(2)13-20-8-4-5-9-21(20)16-34(18-29)15-19-7-6-10-22(11-19)35-27(25(14-32-35)28(36)37)24-12-23(24)26(30)17-33(3)31/h4-11,14,17,23-24H,12-13,15-16,18,30-31H2,1-3H3,(H,36,37)/b26-17-/t23?,24-/m1/s1. The molecular formula is C29H36N6O2. The first-order valence-electron chi connectivity index (χ1n) is 12.8. The first kappa shape index (κ1) is 25.0. The second-order valence-electron chi connectivity index (χ2n) is 11.3. The lowest BCUT2D eigenvalue weighted by atomic mass is 9.85. The predicted molar refractivity (Wildman–Crippen MR) is 144 cm³/mol. The third kappa shape index (κ3) is 5.40. The van der Waals surface area contributed by atoms with Crippen molar-refractivity contribution < 1.29 is 9.90 Å². The summed E-state index contributed by atoms with van der Waals surface area (Å²) in [6.45, 7) is 7.36. The lowest BCUT2D eigenvalue weighted by Gasteiger charge is -2.29. The van der Waals surface area contributed by atoms with Crippen molar-refractivity contribution in [3.8, 4) is 5.69 Å². The molecule has 8 heteroatoms. The fraction of sp³-hybridized carbons (Fsp3) is 0.379. The minimum absolute atomic E-state index is 0.0173. The summed E-state index contributed by atoms with van der Waals surface area (Å²) in [6.07, 6.45) is 4.97. The topological polar surface area (TPSA) is 114 Å². The van der Waals surface area contributed by atoms with Gasteiger partial charge in [0.2, 0.25) is 0 Å².